The molecule has 0 aromatic heterocycles. The highest BCUT2D eigenvalue weighted by atomic mass is 14.9. The van der Waals surface area contributed by atoms with Crippen molar-refractivity contribution in [1.29, 1.82) is 5.26 Å². The molecule has 1 aromatic carbocycles. The van der Waals surface area contributed by atoms with Gasteiger partial charge in [0.1, 0.15) is 6.07 Å². The van der Waals surface area contributed by atoms with Gasteiger partial charge in [-0.05, 0) is 55.7 Å². The van der Waals surface area contributed by atoms with Crippen LogP contribution in [-0.2, 0) is 0 Å². The molecular formula is C15H18N2. The lowest BCUT2D eigenvalue weighted by Crippen LogP contribution is -2.26. The first kappa shape index (κ1) is 10.7. The third-order valence-electron chi connectivity index (χ3n) is 4.37. The molecule has 2 nitrogen and oxygen atoms in total. The van der Waals surface area contributed by atoms with Crippen LogP contribution in [0.25, 0.3) is 0 Å². The van der Waals surface area contributed by atoms with Gasteiger partial charge in [-0.1, -0.05) is 12.5 Å². The number of nitrogens with zero attached hydrogens (tertiary/aromatic N) is 1. The predicted octanol–water partition coefficient (Wildman–Crippen LogP) is 3.47. The highest BCUT2D eigenvalue weighted by molar-refractivity contribution is 5.59. The van der Waals surface area contributed by atoms with Gasteiger partial charge in [0.15, 0.2) is 0 Å². The van der Waals surface area contributed by atoms with Gasteiger partial charge >= 0.3 is 0 Å². The Morgan fingerprint density at radius 1 is 1.29 bits per heavy atom. The van der Waals surface area contributed by atoms with Crippen LogP contribution in [0.2, 0.25) is 0 Å². The summed E-state index contributed by atoms with van der Waals surface area (Å²) in [5, 5.41) is 12.7. The van der Waals surface area contributed by atoms with Crippen molar-refractivity contribution in [3.05, 3.63) is 29.3 Å². The Morgan fingerprint density at radius 2 is 2.18 bits per heavy atom. The minimum atomic E-state index is 0.600. The molecule has 3 unspecified atom stereocenters. The number of hydrogen-bond donors (Lipinski definition) is 1. The van der Waals surface area contributed by atoms with E-state index in [2.05, 4.69) is 24.4 Å². The Hall–Kier alpha value is -1.49. The Morgan fingerprint density at radius 3 is 2.82 bits per heavy atom. The summed E-state index contributed by atoms with van der Waals surface area (Å²) in [7, 11) is 0. The van der Waals surface area contributed by atoms with Gasteiger partial charge in [0.25, 0.3) is 0 Å². The number of hydrogen-bond acceptors (Lipinski definition) is 2. The number of nitriles is 1. The molecule has 2 aliphatic carbocycles. The monoisotopic (exact) mass is 226 g/mol. The zero-order chi connectivity index (χ0) is 11.8. The molecule has 3 atom stereocenters. The lowest BCUT2D eigenvalue weighted by Gasteiger charge is -2.24. The molecule has 88 valence electrons. The fraction of sp³-hybridized carbons (Fsp3) is 0.533. The third kappa shape index (κ3) is 1.91. The molecular weight excluding hydrogens is 208 g/mol. The van der Waals surface area contributed by atoms with E-state index >= 15 is 0 Å². The second kappa shape index (κ2) is 4.07. The van der Waals surface area contributed by atoms with Gasteiger partial charge in [0, 0.05) is 6.04 Å². The van der Waals surface area contributed by atoms with E-state index in [4.69, 9.17) is 5.26 Å². The van der Waals surface area contributed by atoms with Gasteiger partial charge in [-0.15, -0.1) is 0 Å². The van der Waals surface area contributed by atoms with Crippen molar-refractivity contribution in [1.82, 2.24) is 0 Å². The lowest BCUT2D eigenvalue weighted by atomic mass is 9.95. The first-order valence-corrected chi connectivity index (χ1v) is 6.53. The van der Waals surface area contributed by atoms with Crippen LogP contribution in [0.1, 0.15) is 36.8 Å². The van der Waals surface area contributed by atoms with Crippen LogP contribution in [0.3, 0.4) is 0 Å². The first-order valence-electron chi connectivity index (χ1n) is 6.53. The summed E-state index contributed by atoms with van der Waals surface area (Å²) in [5.74, 6) is 1.78. The molecule has 0 spiro atoms. The molecule has 2 saturated carbocycles. The van der Waals surface area contributed by atoms with Gasteiger partial charge < -0.3 is 5.32 Å². The summed E-state index contributed by atoms with van der Waals surface area (Å²) in [6.07, 6.45) is 5.48. The van der Waals surface area contributed by atoms with Crippen LogP contribution in [0.5, 0.6) is 0 Å². The Balaban J connectivity index is 1.81. The van der Waals surface area contributed by atoms with E-state index in [-0.39, 0.29) is 0 Å². The highest BCUT2D eigenvalue weighted by Crippen LogP contribution is 2.45. The van der Waals surface area contributed by atoms with Gasteiger partial charge in [0.2, 0.25) is 0 Å². The van der Waals surface area contributed by atoms with E-state index in [1.165, 1.54) is 31.2 Å². The van der Waals surface area contributed by atoms with Gasteiger partial charge in [-0.2, -0.15) is 5.26 Å². The zero-order valence-corrected chi connectivity index (χ0v) is 10.2. The maximum atomic E-state index is 9.13. The quantitative estimate of drug-likeness (QED) is 0.838. The van der Waals surface area contributed by atoms with E-state index < -0.39 is 0 Å². The fourth-order valence-corrected chi connectivity index (χ4v) is 3.50. The molecule has 1 N–H and O–H groups in total. The van der Waals surface area contributed by atoms with Crippen molar-refractivity contribution in [2.75, 3.05) is 5.32 Å². The molecule has 17 heavy (non-hydrogen) atoms. The van der Waals surface area contributed by atoms with Crippen molar-refractivity contribution >= 4 is 5.69 Å². The van der Waals surface area contributed by atoms with E-state index in [1.807, 2.05) is 12.1 Å². The molecule has 0 radical (unpaired) electrons. The van der Waals surface area contributed by atoms with E-state index in [1.54, 1.807) is 0 Å². The molecule has 0 heterocycles. The largest absolute Gasteiger partial charge is 0.381 e. The summed E-state index contributed by atoms with van der Waals surface area (Å²) >= 11 is 0. The zero-order valence-electron chi connectivity index (χ0n) is 10.2. The van der Waals surface area contributed by atoms with Crippen LogP contribution >= 0.6 is 0 Å². The summed E-state index contributed by atoms with van der Waals surface area (Å²) in [4.78, 5) is 0. The SMILES string of the molecule is Cc1ccc(C#N)c(NC2CC3CCC2C3)c1. The first-order chi connectivity index (χ1) is 8.26. The van der Waals surface area contributed by atoms with Gasteiger partial charge in [-0.25, -0.2) is 0 Å². The number of benzene rings is 1. The van der Waals surface area contributed by atoms with E-state index in [0.29, 0.717) is 6.04 Å². The van der Waals surface area contributed by atoms with Gasteiger partial charge in [-0.3, -0.25) is 0 Å². The molecule has 2 bridgehead atoms. The number of aryl methyl sites for hydroxylation is 1. The van der Waals surface area contributed by atoms with Crippen LogP contribution in [0.4, 0.5) is 5.69 Å². The van der Waals surface area contributed by atoms with Gasteiger partial charge in [0.05, 0.1) is 11.3 Å². The lowest BCUT2D eigenvalue weighted by molar-refractivity contribution is 0.439. The second-order valence-electron chi connectivity index (χ2n) is 5.59. The van der Waals surface area contributed by atoms with Crippen LogP contribution in [-0.4, -0.2) is 6.04 Å². The third-order valence-corrected chi connectivity index (χ3v) is 4.37. The maximum Gasteiger partial charge on any atom is 0.101 e. The number of rotatable bonds is 2. The minimum absolute atomic E-state index is 0.600. The average molecular weight is 226 g/mol. The van der Waals surface area contributed by atoms with E-state index in [9.17, 15) is 0 Å². The molecule has 0 aliphatic heterocycles. The van der Waals surface area contributed by atoms with Crippen molar-refractivity contribution in [2.24, 2.45) is 11.8 Å². The molecule has 3 rings (SSSR count). The summed E-state index contributed by atoms with van der Waals surface area (Å²) in [6.45, 7) is 2.08. The molecule has 0 amide bonds. The summed E-state index contributed by atoms with van der Waals surface area (Å²) in [6, 6.07) is 8.91. The Kier molecular flexibility index (Phi) is 2.55. The number of nitrogens with one attached hydrogen (secondary N) is 1. The van der Waals surface area contributed by atoms with Crippen molar-refractivity contribution < 1.29 is 0 Å². The normalized spacial score (nSPS) is 30.2. The number of anilines is 1. The van der Waals surface area contributed by atoms with E-state index in [0.717, 1.165) is 23.1 Å². The molecule has 1 aromatic rings. The van der Waals surface area contributed by atoms with Crippen molar-refractivity contribution in [3.63, 3.8) is 0 Å². The summed E-state index contributed by atoms with van der Waals surface area (Å²) in [5.41, 5.74) is 3.03. The molecule has 0 saturated heterocycles. The molecule has 2 aliphatic rings. The molecule has 2 heteroatoms. The smallest absolute Gasteiger partial charge is 0.101 e. The van der Waals surface area contributed by atoms with Crippen LogP contribution in [0, 0.1) is 30.1 Å². The van der Waals surface area contributed by atoms with Crippen molar-refractivity contribution in [3.8, 4) is 6.07 Å². The fourth-order valence-electron chi connectivity index (χ4n) is 3.50. The van der Waals surface area contributed by atoms with Crippen LogP contribution < -0.4 is 5.32 Å². The molecule has 2 fully saturated rings. The number of fused-ring (bicyclic) bond motifs is 2. The minimum Gasteiger partial charge on any atom is -0.381 e. The van der Waals surface area contributed by atoms with Crippen molar-refractivity contribution in [2.45, 2.75) is 38.6 Å². The second-order valence-corrected chi connectivity index (χ2v) is 5.59. The topological polar surface area (TPSA) is 35.8 Å². The predicted molar refractivity (Wildman–Crippen MR) is 68.8 cm³/mol. The van der Waals surface area contributed by atoms with Crippen LogP contribution in [0.15, 0.2) is 18.2 Å². The highest BCUT2D eigenvalue weighted by Gasteiger charge is 2.39. The Labute approximate surface area is 103 Å². The standard InChI is InChI=1S/C15H18N2/c1-10-2-4-13(9-16)14(6-10)17-15-8-11-3-5-12(15)7-11/h2,4,6,11-12,15,17H,3,5,7-8H2,1H3. The maximum absolute atomic E-state index is 9.13. The Bertz CT molecular complexity index is 472. The summed E-state index contributed by atoms with van der Waals surface area (Å²) < 4.78 is 0. The average Bonchev–Trinajstić information content (AvgIpc) is 2.91.